The average Bonchev–Trinajstić information content (AvgIpc) is 2.37. The van der Waals surface area contributed by atoms with E-state index in [9.17, 15) is 9.90 Å². The summed E-state index contributed by atoms with van der Waals surface area (Å²) in [5.41, 5.74) is 1.44. The molecule has 2 rings (SSSR count). The lowest BCUT2D eigenvalue weighted by molar-refractivity contribution is 0.0270. The molecule has 0 spiro atoms. The van der Waals surface area contributed by atoms with Gasteiger partial charge in [0.25, 0.3) is 0 Å². The maximum Gasteiger partial charge on any atom is 0.410 e. The topological polar surface area (TPSA) is 49.8 Å². The van der Waals surface area contributed by atoms with Crippen LogP contribution >= 0.6 is 0 Å². The number of amides is 1. The van der Waals surface area contributed by atoms with Gasteiger partial charge in [-0.3, -0.25) is 0 Å². The van der Waals surface area contributed by atoms with Gasteiger partial charge in [0.05, 0.1) is 0 Å². The maximum absolute atomic E-state index is 11.9. The first kappa shape index (κ1) is 14.4. The summed E-state index contributed by atoms with van der Waals surface area (Å²) in [6.07, 6.45) is 2.41. The van der Waals surface area contributed by atoms with Crippen molar-refractivity contribution in [3.05, 3.63) is 35.9 Å². The Morgan fingerprint density at radius 3 is 2.55 bits per heavy atom. The molecule has 4 nitrogen and oxygen atoms in total. The van der Waals surface area contributed by atoms with Gasteiger partial charge in [0.15, 0.2) is 0 Å². The number of phenolic OH excluding ortho intramolecular Hbond substituents is 1. The first-order valence-electron chi connectivity index (χ1n) is 6.82. The predicted octanol–water partition coefficient (Wildman–Crippen LogP) is 3.42. The molecule has 4 heteroatoms. The molecule has 0 saturated heterocycles. The lowest BCUT2D eigenvalue weighted by atomic mass is 9.99. The fourth-order valence-electron chi connectivity index (χ4n) is 2.15. The monoisotopic (exact) mass is 275 g/mol. The first-order chi connectivity index (χ1) is 9.37. The number of para-hydroxylation sites is 1. The number of aromatic hydroxyl groups is 1. The Balaban J connectivity index is 2.04. The fraction of sp³-hybridized carbons (Fsp3) is 0.438. The standard InChI is InChI=1S/C16H21NO3/c1-16(2,3)20-15(19)17-10-8-12(9-11-17)13-6-4-5-7-14(13)18/h4-8,18H,9-11H2,1-3H3. The van der Waals surface area contributed by atoms with Gasteiger partial charge in [-0.2, -0.15) is 0 Å². The van der Waals surface area contributed by atoms with E-state index in [1.165, 1.54) is 0 Å². The molecule has 0 unspecified atom stereocenters. The van der Waals surface area contributed by atoms with Crippen LogP contribution < -0.4 is 0 Å². The van der Waals surface area contributed by atoms with Crippen molar-refractivity contribution in [2.75, 3.05) is 13.1 Å². The fourth-order valence-corrected chi connectivity index (χ4v) is 2.15. The largest absolute Gasteiger partial charge is 0.507 e. The van der Waals surface area contributed by atoms with Crippen molar-refractivity contribution in [3.63, 3.8) is 0 Å². The van der Waals surface area contributed by atoms with Crippen molar-refractivity contribution >= 4 is 11.7 Å². The van der Waals surface area contributed by atoms with Crippen molar-refractivity contribution < 1.29 is 14.6 Å². The molecule has 0 atom stereocenters. The van der Waals surface area contributed by atoms with E-state index in [0.29, 0.717) is 13.1 Å². The van der Waals surface area contributed by atoms with Gasteiger partial charge >= 0.3 is 6.09 Å². The van der Waals surface area contributed by atoms with E-state index in [2.05, 4.69) is 0 Å². The highest BCUT2D eigenvalue weighted by atomic mass is 16.6. The van der Waals surface area contributed by atoms with Gasteiger partial charge in [0.1, 0.15) is 11.4 Å². The van der Waals surface area contributed by atoms with E-state index in [1.807, 2.05) is 39.0 Å². The van der Waals surface area contributed by atoms with Gasteiger partial charge in [0.2, 0.25) is 0 Å². The molecule has 0 aliphatic carbocycles. The molecule has 0 radical (unpaired) electrons. The van der Waals surface area contributed by atoms with Gasteiger partial charge in [-0.15, -0.1) is 0 Å². The molecule has 0 saturated carbocycles. The van der Waals surface area contributed by atoms with Crippen LogP contribution in [0.4, 0.5) is 4.79 Å². The summed E-state index contributed by atoms with van der Waals surface area (Å²) in [5, 5.41) is 9.84. The van der Waals surface area contributed by atoms with Crippen LogP contribution in [-0.4, -0.2) is 34.8 Å². The minimum Gasteiger partial charge on any atom is -0.507 e. The lowest BCUT2D eigenvalue weighted by Crippen LogP contribution is -2.39. The average molecular weight is 275 g/mol. The Bertz CT molecular complexity index is 529. The molecule has 0 bridgehead atoms. The van der Waals surface area contributed by atoms with Crippen molar-refractivity contribution in [2.24, 2.45) is 0 Å². The van der Waals surface area contributed by atoms with Gasteiger partial charge in [-0.05, 0) is 38.8 Å². The zero-order chi connectivity index (χ0) is 14.8. The lowest BCUT2D eigenvalue weighted by Gasteiger charge is -2.29. The molecular formula is C16H21NO3. The molecular weight excluding hydrogens is 254 g/mol. The second kappa shape index (κ2) is 5.57. The van der Waals surface area contributed by atoms with Crippen LogP contribution in [0.25, 0.3) is 5.57 Å². The Kier molecular flexibility index (Phi) is 4.02. The van der Waals surface area contributed by atoms with E-state index in [-0.39, 0.29) is 11.8 Å². The zero-order valence-corrected chi connectivity index (χ0v) is 12.2. The smallest absolute Gasteiger partial charge is 0.410 e. The van der Waals surface area contributed by atoms with Gasteiger partial charge in [0, 0.05) is 18.7 Å². The minimum absolute atomic E-state index is 0.282. The van der Waals surface area contributed by atoms with Crippen LogP contribution in [0.5, 0.6) is 5.75 Å². The van der Waals surface area contributed by atoms with Crippen molar-refractivity contribution in [2.45, 2.75) is 32.8 Å². The summed E-state index contributed by atoms with van der Waals surface area (Å²) in [4.78, 5) is 13.6. The first-order valence-corrected chi connectivity index (χ1v) is 6.82. The van der Waals surface area contributed by atoms with Crippen molar-refractivity contribution in [1.29, 1.82) is 0 Å². The molecule has 20 heavy (non-hydrogen) atoms. The van der Waals surface area contributed by atoms with E-state index in [1.54, 1.807) is 17.0 Å². The van der Waals surface area contributed by atoms with Crippen LogP contribution in [0, 0.1) is 0 Å². The van der Waals surface area contributed by atoms with Gasteiger partial charge in [-0.25, -0.2) is 4.79 Å². The highest BCUT2D eigenvalue weighted by molar-refractivity contribution is 5.74. The Morgan fingerprint density at radius 1 is 1.30 bits per heavy atom. The SMILES string of the molecule is CC(C)(C)OC(=O)N1CC=C(c2ccccc2O)CC1. The second-order valence-corrected chi connectivity index (χ2v) is 5.92. The summed E-state index contributed by atoms with van der Waals surface area (Å²) in [7, 11) is 0. The minimum atomic E-state index is -0.473. The molecule has 0 aromatic heterocycles. The van der Waals surface area contributed by atoms with Crippen LogP contribution in [0.15, 0.2) is 30.3 Å². The van der Waals surface area contributed by atoms with E-state index in [0.717, 1.165) is 17.6 Å². The molecule has 1 aliphatic heterocycles. The Morgan fingerprint density at radius 2 is 2.00 bits per heavy atom. The summed E-state index contributed by atoms with van der Waals surface area (Å²) in [6, 6.07) is 7.27. The molecule has 108 valence electrons. The molecule has 1 aliphatic rings. The summed E-state index contributed by atoms with van der Waals surface area (Å²) >= 11 is 0. The van der Waals surface area contributed by atoms with Crippen LogP contribution in [-0.2, 0) is 4.74 Å². The molecule has 1 aromatic rings. The number of nitrogens with zero attached hydrogens (tertiary/aromatic N) is 1. The molecule has 1 heterocycles. The van der Waals surface area contributed by atoms with E-state index >= 15 is 0 Å². The number of carbonyl (C=O) groups is 1. The molecule has 0 fully saturated rings. The Hall–Kier alpha value is -1.97. The number of phenols is 1. The maximum atomic E-state index is 11.9. The van der Waals surface area contributed by atoms with Crippen molar-refractivity contribution in [1.82, 2.24) is 4.90 Å². The van der Waals surface area contributed by atoms with Crippen molar-refractivity contribution in [3.8, 4) is 5.75 Å². The predicted molar refractivity (Wildman–Crippen MR) is 78.5 cm³/mol. The number of hydrogen-bond donors (Lipinski definition) is 1. The number of ether oxygens (including phenoxy) is 1. The number of benzene rings is 1. The quantitative estimate of drug-likeness (QED) is 0.854. The van der Waals surface area contributed by atoms with Crippen LogP contribution in [0.3, 0.4) is 0 Å². The summed E-state index contributed by atoms with van der Waals surface area (Å²) in [6.45, 7) is 6.70. The summed E-state index contributed by atoms with van der Waals surface area (Å²) < 4.78 is 5.35. The second-order valence-electron chi connectivity index (χ2n) is 5.92. The third-order valence-electron chi connectivity index (χ3n) is 3.11. The summed E-state index contributed by atoms with van der Waals surface area (Å²) in [5.74, 6) is 0.282. The van der Waals surface area contributed by atoms with Crippen LogP contribution in [0.1, 0.15) is 32.8 Å². The van der Waals surface area contributed by atoms with E-state index in [4.69, 9.17) is 4.74 Å². The highest BCUT2D eigenvalue weighted by Crippen LogP contribution is 2.29. The number of rotatable bonds is 1. The third-order valence-corrected chi connectivity index (χ3v) is 3.11. The Labute approximate surface area is 119 Å². The number of carbonyl (C=O) groups excluding carboxylic acids is 1. The third kappa shape index (κ3) is 3.53. The zero-order valence-electron chi connectivity index (χ0n) is 12.2. The van der Waals surface area contributed by atoms with Gasteiger partial charge in [-0.1, -0.05) is 24.3 Å². The van der Waals surface area contributed by atoms with Crippen LogP contribution in [0.2, 0.25) is 0 Å². The molecule has 1 aromatic carbocycles. The number of hydrogen-bond acceptors (Lipinski definition) is 3. The van der Waals surface area contributed by atoms with E-state index < -0.39 is 5.60 Å². The highest BCUT2D eigenvalue weighted by Gasteiger charge is 2.24. The molecule has 1 N–H and O–H groups in total. The van der Waals surface area contributed by atoms with Gasteiger partial charge < -0.3 is 14.7 Å². The normalized spacial score (nSPS) is 15.8. The molecule has 1 amide bonds.